The van der Waals surface area contributed by atoms with Crippen molar-refractivity contribution >= 4 is 17.4 Å². The van der Waals surface area contributed by atoms with Crippen LogP contribution in [0.15, 0.2) is 42.5 Å². The van der Waals surface area contributed by atoms with Crippen molar-refractivity contribution in [3.63, 3.8) is 0 Å². The highest BCUT2D eigenvalue weighted by Crippen LogP contribution is 2.40. The zero-order valence-electron chi connectivity index (χ0n) is 23.0. The number of alkyl halides is 3. The molecule has 1 unspecified atom stereocenters. The molecule has 2 atom stereocenters. The molecule has 10 heteroatoms. The summed E-state index contributed by atoms with van der Waals surface area (Å²) in [4.78, 5) is 28.4. The van der Waals surface area contributed by atoms with E-state index in [4.69, 9.17) is 4.74 Å². The third kappa shape index (κ3) is 6.54. The van der Waals surface area contributed by atoms with E-state index in [9.17, 15) is 27.2 Å². The lowest BCUT2D eigenvalue weighted by atomic mass is 9.87. The summed E-state index contributed by atoms with van der Waals surface area (Å²) in [5, 5.41) is 3.83. The summed E-state index contributed by atoms with van der Waals surface area (Å²) in [7, 11) is 3.11. The Kier molecular flexibility index (Phi) is 8.65. The Morgan fingerprint density at radius 2 is 1.88 bits per heavy atom. The Bertz CT molecular complexity index is 1360. The minimum atomic E-state index is -4.62. The lowest BCUT2D eigenvalue weighted by molar-refractivity contribution is -0.142. The van der Waals surface area contributed by atoms with Crippen molar-refractivity contribution in [2.45, 2.75) is 64.6 Å². The zero-order chi connectivity index (χ0) is 29.2. The number of nitrogens with zero attached hydrogens (tertiary/aromatic N) is 3. The minimum absolute atomic E-state index is 0.0884. The molecule has 0 N–H and O–H groups in total. The normalized spacial score (nSPS) is 15.8. The molecule has 1 aliphatic carbocycles. The predicted molar refractivity (Wildman–Crippen MR) is 143 cm³/mol. The van der Waals surface area contributed by atoms with Gasteiger partial charge >= 0.3 is 6.18 Å². The first-order valence-electron chi connectivity index (χ1n) is 13.2. The highest BCUT2D eigenvalue weighted by atomic mass is 19.4. The fraction of sp³-hybridized carbons (Fsp3) is 0.433. The average Bonchev–Trinajstić information content (AvgIpc) is 3.27. The molecule has 2 aromatic carbocycles. The maximum atomic E-state index is 14.1. The van der Waals surface area contributed by atoms with Gasteiger partial charge in [-0.2, -0.15) is 18.3 Å². The number of hydrogen-bond donors (Lipinski definition) is 0. The molecular weight excluding hydrogens is 526 g/mol. The lowest BCUT2D eigenvalue weighted by Gasteiger charge is -2.25. The van der Waals surface area contributed by atoms with E-state index in [1.807, 2.05) is 6.92 Å². The minimum Gasteiger partial charge on any atom is -0.497 e. The van der Waals surface area contributed by atoms with E-state index in [0.29, 0.717) is 41.1 Å². The molecule has 0 spiro atoms. The van der Waals surface area contributed by atoms with Crippen LogP contribution < -0.4 is 9.64 Å². The van der Waals surface area contributed by atoms with Crippen LogP contribution >= 0.6 is 0 Å². The Hall–Kier alpha value is -3.69. The maximum absolute atomic E-state index is 14.1. The third-order valence-electron chi connectivity index (χ3n) is 7.42. The smallest absolute Gasteiger partial charge is 0.435 e. The van der Waals surface area contributed by atoms with Crippen LogP contribution in [-0.2, 0) is 35.2 Å². The van der Waals surface area contributed by atoms with Crippen molar-refractivity contribution in [1.82, 2.24) is 9.78 Å². The number of ether oxygens (including phenoxy) is 1. The van der Waals surface area contributed by atoms with Gasteiger partial charge in [-0.3, -0.25) is 14.3 Å². The summed E-state index contributed by atoms with van der Waals surface area (Å²) in [5.74, 6) is -1.67. The standard InChI is InChI=1S/C30H33F4N3O3/c1-18-12-20(15-22(31)13-18)14-21(29(39)36(3)23-8-10-25(40-4)11-9-23)16-24(38)17-37-27-19(2)6-5-7-26(27)28(35-37)30(32,33)34/h8-13,15,19,21H,5-7,14,16-17H2,1-4H3/t19?,21-/m1/s1. The van der Waals surface area contributed by atoms with Crippen molar-refractivity contribution in [3.05, 3.63) is 76.4 Å². The second-order valence-electron chi connectivity index (χ2n) is 10.5. The molecule has 1 aromatic heterocycles. The number of ketones is 1. The van der Waals surface area contributed by atoms with Crippen molar-refractivity contribution in [2.75, 3.05) is 19.1 Å². The summed E-state index contributed by atoms with van der Waals surface area (Å²) in [6.07, 6.45) is -3.18. The molecule has 1 aliphatic rings. The topological polar surface area (TPSA) is 64.4 Å². The number of fused-ring (bicyclic) bond motifs is 1. The van der Waals surface area contributed by atoms with Gasteiger partial charge in [0.2, 0.25) is 5.91 Å². The molecular formula is C30H33F4N3O3. The molecule has 1 heterocycles. The van der Waals surface area contributed by atoms with Crippen LogP contribution in [0.25, 0.3) is 0 Å². The summed E-state index contributed by atoms with van der Waals surface area (Å²) in [6, 6.07) is 11.3. The molecule has 0 fully saturated rings. The Labute approximate surface area is 230 Å². The van der Waals surface area contributed by atoms with Gasteiger partial charge in [0.05, 0.1) is 13.7 Å². The van der Waals surface area contributed by atoms with Crippen LogP contribution in [-0.4, -0.2) is 35.6 Å². The monoisotopic (exact) mass is 559 g/mol. The SMILES string of the molecule is COc1ccc(N(C)C(=O)[C@@H](CC(=O)Cn2nc(C(F)(F)F)c3c2C(C)CCC3)Cc2cc(C)cc(F)c2)cc1. The molecule has 0 saturated carbocycles. The van der Waals surface area contributed by atoms with Crippen LogP contribution in [0.4, 0.5) is 23.2 Å². The van der Waals surface area contributed by atoms with E-state index in [1.54, 1.807) is 44.3 Å². The van der Waals surface area contributed by atoms with Crippen LogP contribution in [0.3, 0.4) is 0 Å². The molecule has 0 saturated heterocycles. The Morgan fingerprint density at radius 3 is 2.50 bits per heavy atom. The van der Waals surface area contributed by atoms with E-state index >= 15 is 0 Å². The average molecular weight is 560 g/mol. The summed E-state index contributed by atoms with van der Waals surface area (Å²) in [5.41, 5.74) is 1.45. The highest BCUT2D eigenvalue weighted by molar-refractivity contribution is 5.97. The number of rotatable bonds is 9. The first-order valence-corrected chi connectivity index (χ1v) is 13.2. The largest absolute Gasteiger partial charge is 0.497 e. The Morgan fingerprint density at radius 1 is 1.18 bits per heavy atom. The van der Waals surface area contributed by atoms with E-state index in [-0.39, 0.29) is 43.2 Å². The summed E-state index contributed by atoms with van der Waals surface area (Å²) in [6.45, 7) is 3.20. The number of anilines is 1. The first-order chi connectivity index (χ1) is 18.9. The number of Topliss-reactive ketones (excluding diaryl/α,β-unsaturated/α-hetero) is 1. The van der Waals surface area contributed by atoms with E-state index in [0.717, 1.165) is 0 Å². The van der Waals surface area contributed by atoms with Crippen LogP contribution in [0.1, 0.15) is 60.2 Å². The molecule has 40 heavy (non-hydrogen) atoms. The van der Waals surface area contributed by atoms with Gasteiger partial charge in [-0.15, -0.1) is 0 Å². The highest BCUT2D eigenvalue weighted by Gasteiger charge is 2.41. The molecule has 3 aromatic rings. The number of aryl methyl sites for hydroxylation is 1. The summed E-state index contributed by atoms with van der Waals surface area (Å²) < 4.78 is 61.7. The first kappa shape index (κ1) is 29.3. The van der Waals surface area contributed by atoms with Crippen molar-refractivity contribution in [1.29, 1.82) is 0 Å². The number of carbonyl (C=O) groups is 2. The van der Waals surface area contributed by atoms with Gasteiger partial charge in [0.15, 0.2) is 11.5 Å². The molecule has 0 bridgehead atoms. The number of methoxy groups -OCH3 is 1. The molecule has 0 radical (unpaired) electrons. The maximum Gasteiger partial charge on any atom is 0.435 e. The predicted octanol–water partition coefficient (Wildman–Crippen LogP) is 6.28. The van der Waals surface area contributed by atoms with Crippen molar-refractivity contribution < 1.29 is 31.9 Å². The van der Waals surface area contributed by atoms with Gasteiger partial charge in [-0.25, -0.2) is 4.39 Å². The lowest BCUT2D eigenvalue weighted by Crippen LogP contribution is -2.36. The number of halogens is 4. The fourth-order valence-electron chi connectivity index (χ4n) is 5.55. The van der Waals surface area contributed by atoms with Gasteiger partial charge in [0, 0.05) is 36.3 Å². The van der Waals surface area contributed by atoms with Gasteiger partial charge in [-0.1, -0.05) is 13.0 Å². The zero-order valence-corrected chi connectivity index (χ0v) is 23.0. The van der Waals surface area contributed by atoms with Gasteiger partial charge in [0.25, 0.3) is 0 Å². The van der Waals surface area contributed by atoms with Gasteiger partial charge in [0.1, 0.15) is 11.6 Å². The van der Waals surface area contributed by atoms with E-state index in [1.165, 1.54) is 28.8 Å². The molecule has 214 valence electrons. The number of hydrogen-bond acceptors (Lipinski definition) is 4. The van der Waals surface area contributed by atoms with Crippen LogP contribution in [0.5, 0.6) is 5.75 Å². The van der Waals surface area contributed by atoms with E-state index < -0.39 is 29.4 Å². The van der Waals surface area contributed by atoms with Crippen LogP contribution in [0.2, 0.25) is 0 Å². The van der Waals surface area contributed by atoms with Crippen molar-refractivity contribution in [2.24, 2.45) is 5.92 Å². The second-order valence-corrected chi connectivity index (χ2v) is 10.5. The van der Waals surface area contributed by atoms with Gasteiger partial charge in [-0.05, 0) is 86.1 Å². The quantitative estimate of drug-likeness (QED) is 0.290. The molecule has 0 aliphatic heterocycles. The fourth-order valence-corrected chi connectivity index (χ4v) is 5.55. The molecule has 1 amide bonds. The second kappa shape index (κ2) is 11.8. The van der Waals surface area contributed by atoms with Crippen molar-refractivity contribution in [3.8, 4) is 5.75 Å². The van der Waals surface area contributed by atoms with Crippen LogP contribution in [0, 0.1) is 18.7 Å². The number of carbonyl (C=O) groups excluding carboxylic acids is 2. The van der Waals surface area contributed by atoms with Gasteiger partial charge < -0.3 is 9.64 Å². The van der Waals surface area contributed by atoms with E-state index in [2.05, 4.69) is 5.10 Å². The molecule has 6 nitrogen and oxygen atoms in total. The number of aromatic nitrogens is 2. The third-order valence-corrected chi connectivity index (χ3v) is 7.42. The number of benzene rings is 2. The summed E-state index contributed by atoms with van der Waals surface area (Å²) >= 11 is 0. The number of amides is 1. The molecule has 4 rings (SSSR count). The Balaban J connectivity index is 1.61.